The lowest BCUT2D eigenvalue weighted by Crippen LogP contribution is -2.34. The second-order valence-electron chi connectivity index (χ2n) is 13.0. The smallest absolute Gasteiger partial charge is 0.374 e. The number of benzene rings is 3. The number of thioether (sulfide) groups is 1. The van der Waals surface area contributed by atoms with Gasteiger partial charge in [-0.15, -0.1) is 0 Å². The predicted molar refractivity (Wildman–Crippen MR) is 189 cm³/mol. The van der Waals surface area contributed by atoms with Gasteiger partial charge >= 0.3 is 5.89 Å². The zero-order valence-electron chi connectivity index (χ0n) is 26.8. The van der Waals surface area contributed by atoms with E-state index in [-0.39, 0.29) is 5.41 Å². The minimum absolute atomic E-state index is 0.137. The maximum atomic E-state index is 6.52. The summed E-state index contributed by atoms with van der Waals surface area (Å²) >= 11 is 1.86. The van der Waals surface area contributed by atoms with Gasteiger partial charge in [0, 0.05) is 29.3 Å². The summed E-state index contributed by atoms with van der Waals surface area (Å²) in [6, 6.07) is 27.8. The van der Waals surface area contributed by atoms with Crippen LogP contribution in [0.5, 0.6) is 0 Å². The van der Waals surface area contributed by atoms with Crippen LogP contribution in [0.2, 0.25) is 0 Å². The summed E-state index contributed by atoms with van der Waals surface area (Å²) in [6.07, 6.45) is 13.0. The van der Waals surface area contributed by atoms with E-state index in [4.69, 9.17) is 8.83 Å². The molecule has 3 aromatic heterocycles. The summed E-state index contributed by atoms with van der Waals surface area (Å²) in [7, 11) is 0. The second kappa shape index (κ2) is 11.3. The van der Waals surface area contributed by atoms with Crippen molar-refractivity contribution in [3.8, 4) is 17.0 Å². The van der Waals surface area contributed by atoms with E-state index in [2.05, 4.69) is 133 Å². The molecule has 8 rings (SSSR count). The van der Waals surface area contributed by atoms with Crippen LogP contribution in [0.3, 0.4) is 0 Å². The first-order valence-corrected chi connectivity index (χ1v) is 17.0. The van der Waals surface area contributed by atoms with Crippen molar-refractivity contribution in [1.82, 2.24) is 4.57 Å². The van der Waals surface area contributed by atoms with Gasteiger partial charge in [0.2, 0.25) is 5.58 Å². The molecule has 0 amide bonds. The van der Waals surface area contributed by atoms with Crippen molar-refractivity contribution in [2.75, 3.05) is 11.4 Å². The molecule has 6 aromatic rings. The van der Waals surface area contributed by atoms with E-state index < -0.39 is 0 Å². The first-order chi connectivity index (χ1) is 22.4. The van der Waals surface area contributed by atoms with Crippen LogP contribution < -0.4 is 9.47 Å². The molecule has 0 radical (unpaired) electrons. The predicted octanol–water partition coefficient (Wildman–Crippen LogP) is 10.5. The summed E-state index contributed by atoms with van der Waals surface area (Å²) in [5.74, 6) is 1.79. The third-order valence-electron chi connectivity index (χ3n) is 9.11. The highest BCUT2D eigenvalue weighted by Crippen LogP contribution is 2.49. The normalized spacial score (nSPS) is 17.8. The Balaban J connectivity index is 1.14. The van der Waals surface area contributed by atoms with Gasteiger partial charge in [0.15, 0.2) is 0 Å². The summed E-state index contributed by atoms with van der Waals surface area (Å²) in [5, 5.41) is 2.51. The molecular weight excluding hydrogens is 587 g/mol. The number of hydrogen-bond acceptors (Lipinski definition) is 4. The van der Waals surface area contributed by atoms with Crippen molar-refractivity contribution in [2.45, 2.75) is 52.0 Å². The maximum Gasteiger partial charge on any atom is 0.374 e. The van der Waals surface area contributed by atoms with Crippen molar-refractivity contribution in [3.63, 3.8) is 0 Å². The van der Waals surface area contributed by atoms with Crippen molar-refractivity contribution in [1.29, 1.82) is 0 Å². The molecule has 1 aliphatic heterocycles. The van der Waals surface area contributed by atoms with Crippen LogP contribution in [0.1, 0.15) is 46.4 Å². The molecule has 0 saturated carbocycles. The zero-order chi connectivity index (χ0) is 31.4. The summed E-state index contributed by atoms with van der Waals surface area (Å²) < 4.78 is 16.8. The SMILES string of the molecule is CCN1/C(=C/C2=CC(=C/c3oc4ccc(-n5ccc6ccccc65)cc4[n+]3CC)/CC(C)(C)C2)Sc2ccc(-c3ccco3)cc21. The van der Waals surface area contributed by atoms with Crippen LogP contribution in [-0.4, -0.2) is 11.1 Å². The Hall–Kier alpha value is -4.68. The zero-order valence-corrected chi connectivity index (χ0v) is 27.6. The first kappa shape index (κ1) is 28.8. The number of allylic oxidation sites excluding steroid dienone is 4. The molecule has 230 valence electrons. The molecule has 46 heavy (non-hydrogen) atoms. The molecule has 6 heteroatoms. The van der Waals surface area contributed by atoms with Gasteiger partial charge in [0.05, 0.1) is 34.3 Å². The summed E-state index contributed by atoms with van der Waals surface area (Å²) in [4.78, 5) is 3.71. The third-order valence-corrected chi connectivity index (χ3v) is 10.2. The largest absolute Gasteiger partial charge is 0.464 e. The monoisotopic (exact) mass is 624 g/mol. The van der Waals surface area contributed by atoms with Gasteiger partial charge in [-0.3, -0.25) is 0 Å². The lowest BCUT2D eigenvalue weighted by Gasteiger charge is -2.30. The average Bonchev–Trinajstić information content (AvgIpc) is 3.84. The number of furan rings is 1. The minimum Gasteiger partial charge on any atom is -0.464 e. The first-order valence-electron chi connectivity index (χ1n) is 16.2. The molecule has 0 bridgehead atoms. The van der Waals surface area contributed by atoms with E-state index in [1.54, 1.807) is 6.26 Å². The second-order valence-corrected chi connectivity index (χ2v) is 14.1. The maximum absolute atomic E-state index is 6.52. The van der Waals surface area contributed by atoms with Gasteiger partial charge < -0.3 is 18.3 Å². The van der Waals surface area contributed by atoms with E-state index in [1.165, 1.54) is 37.7 Å². The number of para-hydroxylation sites is 1. The molecule has 1 aliphatic carbocycles. The van der Waals surface area contributed by atoms with Crippen LogP contribution in [0.15, 0.2) is 133 Å². The van der Waals surface area contributed by atoms with Crippen LogP contribution in [0.25, 0.3) is 45.1 Å². The molecule has 0 unspecified atom stereocenters. The third kappa shape index (κ3) is 5.11. The van der Waals surface area contributed by atoms with Gasteiger partial charge in [0.25, 0.3) is 5.52 Å². The fourth-order valence-corrected chi connectivity index (χ4v) is 8.31. The number of aromatic nitrogens is 2. The fourth-order valence-electron chi connectivity index (χ4n) is 7.12. The van der Waals surface area contributed by atoms with Gasteiger partial charge in [-0.2, -0.15) is 4.57 Å². The van der Waals surface area contributed by atoms with Gasteiger partial charge in [-0.05, 0) is 109 Å². The van der Waals surface area contributed by atoms with Crippen molar-refractivity contribution >= 4 is 45.5 Å². The van der Waals surface area contributed by atoms with Crippen molar-refractivity contribution < 1.29 is 13.4 Å². The highest BCUT2D eigenvalue weighted by molar-refractivity contribution is 8.03. The van der Waals surface area contributed by atoms with Gasteiger partial charge in [-0.25, -0.2) is 0 Å². The van der Waals surface area contributed by atoms with Gasteiger partial charge in [-0.1, -0.05) is 49.9 Å². The summed E-state index contributed by atoms with van der Waals surface area (Å²) in [6.45, 7) is 10.9. The Kier molecular flexibility index (Phi) is 7.06. The Morgan fingerprint density at radius 3 is 2.65 bits per heavy atom. The summed E-state index contributed by atoms with van der Waals surface area (Å²) in [5.41, 5.74) is 9.49. The average molecular weight is 625 g/mol. The quantitative estimate of drug-likeness (QED) is 0.173. The lowest BCUT2D eigenvalue weighted by molar-refractivity contribution is -0.674. The molecule has 0 spiro atoms. The standard InChI is InChI=1S/C40H38N3O2S/c1-5-41-33-24-31(43-18-17-29-10-7-8-11-32(29)43)14-15-36(33)45-38(41)21-27-20-28(26-40(3,4)25-27)22-39-42(6-2)34-23-30(13-16-37(34)46-39)35-12-9-19-44-35/h7-24H,5-6,25-26H2,1-4H3/q+1. The van der Waals surface area contributed by atoms with Gasteiger partial charge in [0.1, 0.15) is 12.3 Å². The van der Waals surface area contributed by atoms with Crippen LogP contribution >= 0.6 is 11.8 Å². The Morgan fingerprint density at radius 1 is 0.935 bits per heavy atom. The molecule has 0 N–H and O–H groups in total. The molecule has 5 nitrogen and oxygen atoms in total. The number of anilines is 1. The van der Waals surface area contributed by atoms with Crippen LogP contribution in [-0.2, 0) is 6.54 Å². The Labute approximate surface area is 274 Å². The van der Waals surface area contributed by atoms with Crippen LogP contribution in [0.4, 0.5) is 5.69 Å². The molecule has 2 aliphatic rings. The van der Waals surface area contributed by atoms with E-state index in [0.29, 0.717) is 0 Å². The molecule has 0 saturated heterocycles. The van der Waals surface area contributed by atoms with E-state index in [9.17, 15) is 0 Å². The van der Waals surface area contributed by atoms with E-state index in [1.807, 2.05) is 23.9 Å². The highest BCUT2D eigenvalue weighted by atomic mass is 32.2. The number of fused-ring (bicyclic) bond motifs is 3. The van der Waals surface area contributed by atoms with E-state index in [0.717, 1.165) is 59.9 Å². The number of nitrogens with zero attached hydrogens (tertiary/aromatic N) is 3. The molecule has 0 fully saturated rings. The van der Waals surface area contributed by atoms with Crippen LogP contribution in [0, 0.1) is 5.41 Å². The minimum atomic E-state index is 0.137. The van der Waals surface area contributed by atoms with Crippen molar-refractivity contribution in [3.05, 3.63) is 126 Å². The molecule has 3 aromatic carbocycles. The molecular formula is C40H38N3O2S+. The fraction of sp³-hybridized carbons (Fsp3) is 0.225. The Bertz CT molecular complexity index is 2190. The number of hydrogen-bond donors (Lipinski definition) is 0. The Morgan fingerprint density at radius 2 is 1.83 bits per heavy atom. The highest BCUT2D eigenvalue weighted by Gasteiger charge is 2.30. The van der Waals surface area contributed by atoms with E-state index >= 15 is 0 Å². The number of oxazole rings is 1. The lowest BCUT2D eigenvalue weighted by atomic mass is 9.75. The van der Waals surface area contributed by atoms with Crippen molar-refractivity contribution in [2.24, 2.45) is 5.41 Å². The number of rotatable bonds is 6. The molecule has 0 atom stereocenters. The topological polar surface area (TPSA) is 38.3 Å². The molecule has 4 heterocycles. The number of aryl methyl sites for hydroxylation is 1.